The van der Waals surface area contributed by atoms with Crippen molar-refractivity contribution in [3.63, 3.8) is 0 Å². The van der Waals surface area contributed by atoms with E-state index in [1.807, 2.05) is 0 Å². The number of hydrogen-bond acceptors (Lipinski definition) is 3. The van der Waals surface area contributed by atoms with Gasteiger partial charge in [0.15, 0.2) is 0 Å². The Bertz CT molecular complexity index is 582. The van der Waals surface area contributed by atoms with Crippen LogP contribution in [0.15, 0.2) is 46.9 Å². The Hall–Kier alpha value is -2.01. The molecule has 0 aromatic heterocycles. The minimum absolute atomic E-state index is 0.416. The van der Waals surface area contributed by atoms with Gasteiger partial charge in [-0.1, -0.05) is 0 Å². The van der Waals surface area contributed by atoms with Crippen LogP contribution in [0.3, 0.4) is 0 Å². The van der Waals surface area contributed by atoms with E-state index >= 15 is 0 Å². The summed E-state index contributed by atoms with van der Waals surface area (Å²) in [6.45, 7) is 0. The zero-order valence-electron chi connectivity index (χ0n) is 9.39. The largest absolute Gasteiger partial charge is 0.457 e. The molecule has 0 unspecified atom stereocenters. The number of primary amides is 1. The normalized spacial score (nSPS) is 10.1. The van der Waals surface area contributed by atoms with Gasteiger partial charge in [-0.2, -0.15) is 0 Å². The van der Waals surface area contributed by atoms with Gasteiger partial charge in [-0.05, 0) is 58.4 Å². The predicted molar refractivity (Wildman–Crippen MR) is 73.6 cm³/mol. The molecule has 0 saturated heterocycles. The van der Waals surface area contributed by atoms with Crippen LogP contribution in [0, 0.1) is 0 Å². The number of hydrogen-bond donors (Lipinski definition) is 2. The summed E-state index contributed by atoms with van der Waals surface area (Å²) in [7, 11) is 0. The number of amides is 1. The number of halogens is 1. The number of ether oxygens (including phenoxy) is 1. The van der Waals surface area contributed by atoms with E-state index in [2.05, 4.69) is 15.9 Å². The van der Waals surface area contributed by atoms with Crippen LogP contribution < -0.4 is 16.2 Å². The van der Waals surface area contributed by atoms with E-state index < -0.39 is 5.91 Å². The van der Waals surface area contributed by atoms with Gasteiger partial charge in [0.05, 0.1) is 5.56 Å². The van der Waals surface area contributed by atoms with E-state index in [0.717, 1.165) is 0 Å². The van der Waals surface area contributed by atoms with Gasteiger partial charge in [-0.15, -0.1) is 0 Å². The van der Waals surface area contributed by atoms with Gasteiger partial charge in [0.25, 0.3) is 0 Å². The van der Waals surface area contributed by atoms with Gasteiger partial charge >= 0.3 is 0 Å². The maximum Gasteiger partial charge on any atom is 0.249 e. The summed E-state index contributed by atoms with van der Waals surface area (Å²) in [4.78, 5) is 11.1. The fraction of sp³-hybridized carbons (Fsp3) is 0. The molecule has 0 bridgehead atoms. The van der Waals surface area contributed by atoms with Crippen LogP contribution in [-0.2, 0) is 0 Å². The molecule has 2 aromatic rings. The molecule has 0 atom stereocenters. The lowest BCUT2D eigenvalue weighted by Crippen LogP contribution is -2.11. The predicted octanol–water partition coefficient (Wildman–Crippen LogP) is 2.92. The molecule has 92 valence electrons. The molecule has 4 N–H and O–H groups in total. The monoisotopic (exact) mass is 306 g/mol. The minimum atomic E-state index is -0.485. The summed E-state index contributed by atoms with van der Waals surface area (Å²) in [5, 5.41) is 0. The van der Waals surface area contributed by atoms with Crippen molar-refractivity contribution in [2.75, 3.05) is 5.73 Å². The van der Waals surface area contributed by atoms with Crippen molar-refractivity contribution in [3.8, 4) is 11.5 Å². The number of benzene rings is 2. The molecule has 1 amide bonds. The second kappa shape index (κ2) is 5.10. The van der Waals surface area contributed by atoms with E-state index in [1.54, 1.807) is 42.5 Å². The second-order valence-electron chi connectivity index (χ2n) is 3.68. The first-order valence-corrected chi connectivity index (χ1v) is 5.98. The molecule has 0 radical (unpaired) electrons. The van der Waals surface area contributed by atoms with Crippen molar-refractivity contribution < 1.29 is 9.53 Å². The second-order valence-corrected chi connectivity index (χ2v) is 4.53. The van der Waals surface area contributed by atoms with Crippen molar-refractivity contribution in [2.24, 2.45) is 5.73 Å². The number of carbonyl (C=O) groups excluding carboxylic acids is 1. The maximum atomic E-state index is 11.1. The summed E-state index contributed by atoms with van der Waals surface area (Å²) < 4.78 is 6.21. The van der Waals surface area contributed by atoms with Gasteiger partial charge < -0.3 is 16.2 Å². The Morgan fingerprint density at radius 3 is 2.22 bits per heavy atom. The number of carbonyl (C=O) groups is 1. The highest BCUT2D eigenvalue weighted by Gasteiger charge is 2.07. The number of anilines is 1. The average Bonchev–Trinajstić information content (AvgIpc) is 2.32. The molecule has 0 aliphatic rings. The first-order chi connectivity index (χ1) is 8.56. The highest BCUT2D eigenvalue weighted by Crippen LogP contribution is 2.27. The molecule has 0 fully saturated rings. The molecule has 0 saturated carbocycles. The third-order valence-electron chi connectivity index (χ3n) is 2.32. The number of rotatable bonds is 3. The quantitative estimate of drug-likeness (QED) is 0.856. The first-order valence-electron chi connectivity index (χ1n) is 5.19. The van der Waals surface area contributed by atoms with Crippen molar-refractivity contribution in [1.82, 2.24) is 0 Å². The van der Waals surface area contributed by atoms with Crippen molar-refractivity contribution in [1.29, 1.82) is 0 Å². The number of nitrogen functional groups attached to an aromatic ring is 1. The van der Waals surface area contributed by atoms with Crippen LogP contribution in [-0.4, -0.2) is 5.91 Å². The average molecular weight is 307 g/mol. The summed E-state index contributed by atoms with van der Waals surface area (Å²) in [5.41, 5.74) is 11.9. The molecule has 0 heterocycles. The lowest BCUT2D eigenvalue weighted by Gasteiger charge is -2.07. The lowest BCUT2D eigenvalue weighted by molar-refractivity contribution is 0.0999. The smallest absolute Gasteiger partial charge is 0.249 e. The Balaban J connectivity index is 2.22. The van der Waals surface area contributed by atoms with E-state index in [4.69, 9.17) is 16.2 Å². The fourth-order valence-electron chi connectivity index (χ4n) is 1.43. The Labute approximate surface area is 113 Å². The molecule has 2 rings (SSSR count). The minimum Gasteiger partial charge on any atom is -0.457 e. The van der Waals surface area contributed by atoms with E-state index in [-0.39, 0.29) is 0 Å². The highest BCUT2D eigenvalue weighted by molar-refractivity contribution is 9.10. The third-order valence-corrected chi connectivity index (χ3v) is 2.98. The summed E-state index contributed by atoms with van der Waals surface area (Å²) in [6, 6.07) is 12.0. The lowest BCUT2D eigenvalue weighted by atomic mass is 10.2. The molecule has 4 nitrogen and oxygen atoms in total. The molecular formula is C13H11BrN2O2. The molecule has 0 aliphatic heterocycles. The third kappa shape index (κ3) is 2.81. The standard InChI is InChI=1S/C13H11BrN2O2/c14-12-7-10(5-6-11(12)13(16)17)18-9-3-1-8(15)2-4-9/h1-7H,15H2,(H2,16,17). The van der Waals surface area contributed by atoms with E-state index in [1.165, 1.54) is 0 Å². The summed E-state index contributed by atoms with van der Waals surface area (Å²) in [5.74, 6) is 0.792. The molecule has 0 spiro atoms. The SMILES string of the molecule is NC(=O)c1ccc(Oc2ccc(N)cc2)cc1Br. The van der Waals surface area contributed by atoms with Gasteiger partial charge in [-0.25, -0.2) is 0 Å². The van der Waals surface area contributed by atoms with Crippen LogP contribution in [0.1, 0.15) is 10.4 Å². The van der Waals surface area contributed by atoms with Crippen LogP contribution in [0.4, 0.5) is 5.69 Å². The van der Waals surface area contributed by atoms with Crippen molar-refractivity contribution >= 4 is 27.5 Å². The maximum absolute atomic E-state index is 11.1. The Kier molecular flexibility index (Phi) is 3.53. The fourth-order valence-corrected chi connectivity index (χ4v) is 1.98. The van der Waals surface area contributed by atoms with Crippen LogP contribution >= 0.6 is 15.9 Å². The molecular weight excluding hydrogens is 296 g/mol. The van der Waals surface area contributed by atoms with E-state index in [0.29, 0.717) is 27.2 Å². The highest BCUT2D eigenvalue weighted by atomic mass is 79.9. The van der Waals surface area contributed by atoms with Gasteiger partial charge in [-0.3, -0.25) is 4.79 Å². The first kappa shape index (κ1) is 12.4. The topological polar surface area (TPSA) is 78.3 Å². The molecule has 2 aromatic carbocycles. The Morgan fingerprint density at radius 1 is 1.06 bits per heavy atom. The van der Waals surface area contributed by atoms with Gasteiger partial charge in [0.1, 0.15) is 11.5 Å². The van der Waals surface area contributed by atoms with Crippen LogP contribution in [0.2, 0.25) is 0 Å². The van der Waals surface area contributed by atoms with Crippen LogP contribution in [0.25, 0.3) is 0 Å². The number of nitrogens with two attached hydrogens (primary N) is 2. The Morgan fingerprint density at radius 2 is 1.67 bits per heavy atom. The molecule has 5 heteroatoms. The van der Waals surface area contributed by atoms with Crippen molar-refractivity contribution in [2.45, 2.75) is 0 Å². The molecule has 18 heavy (non-hydrogen) atoms. The zero-order chi connectivity index (χ0) is 13.1. The summed E-state index contributed by atoms with van der Waals surface area (Å²) in [6.07, 6.45) is 0. The van der Waals surface area contributed by atoms with Gasteiger partial charge in [0, 0.05) is 10.2 Å². The van der Waals surface area contributed by atoms with Crippen LogP contribution in [0.5, 0.6) is 11.5 Å². The zero-order valence-corrected chi connectivity index (χ0v) is 11.0. The van der Waals surface area contributed by atoms with E-state index in [9.17, 15) is 4.79 Å². The van der Waals surface area contributed by atoms with Crippen molar-refractivity contribution in [3.05, 3.63) is 52.5 Å². The summed E-state index contributed by atoms with van der Waals surface area (Å²) >= 11 is 3.27. The molecule has 0 aliphatic carbocycles. The van der Waals surface area contributed by atoms with Gasteiger partial charge in [0.2, 0.25) is 5.91 Å².